The first-order valence-electron chi connectivity index (χ1n) is 7.40. The molecule has 0 aromatic carbocycles. The van der Waals surface area contributed by atoms with Crippen LogP contribution in [-0.4, -0.2) is 36.0 Å². The first kappa shape index (κ1) is 13.1. The molecule has 0 bridgehead atoms. The highest BCUT2D eigenvalue weighted by atomic mass is 32.1. The lowest BCUT2D eigenvalue weighted by Gasteiger charge is -2.39. The molecule has 2 saturated heterocycles. The number of carbonyl (C=O) groups excluding carboxylic acids is 1. The Morgan fingerprint density at radius 3 is 3.05 bits per heavy atom. The summed E-state index contributed by atoms with van der Waals surface area (Å²) in [6.07, 6.45) is 6.68. The Labute approximate surface area is 119 Å². The fourth-order valence-electron chi connectivity index (χ4n) is 3.39. The molecule has 3 nitrogen and oxygen atoms in total. The summed E-state index contributed by atoms with van der Waals surface area (Å²) in [6.45, 7) is 2.07. The van der Waals surface area contributed by atoms with Crippen LogP contribution in [0.5, 0.6) is 0 Å². The standard InChI is InChI=1S/C15H22N2OS/c18-15(11-12-5-4-10-19-12)17-9-2-1-7-14(17)13-6-3-8-16-13/h4-5,10,13-14,16H,1-3,6-9,11H2. The lowest BCUT2D eigenvalue weighted by Crippen LogP contribution is -2.52. The molecule has 0 saturated carbocycles. The van der Waals surface area contributed by atoms with E-state index < -0.39 is 0 Å². The molecular formula is C15H22N2OS. The van der Waals surface area contributed by atoms with E-state index in [1.807, 2.05) is 6.07 Å². The lowest BCUT2D eigenvalue weighted by atomic mass is 9.94. The highest BCUT2D eigenvalue weighted by Crippen LogP contribution is 2.25. The molecule has 104 valence electrons. The van der Waals surface area contributed by atoms with Gasteiger partial charge in [0.05, 0.1) is 6.42 Å². The number of hydrogen-bond acceptors (Lipinski definition) is 3. The SMILES string of the molecule is O=C(Cc1cccs1)N1CCCCC1C1CCCN1. The Balaban J connectivity index is 1.67. The van der Waals surface area contributed by atoms with Crippen molar-refractivity contribution >= 4 is 17.2 Å². The van der Waals surface area contributed by atoms with E-state index in [0.29, 0.717) is 24.4 Å². The van der Waals surface area contributed by atoms with Gasteiger partial charge < -0.3 is 10.2 Å². The van der Waals surface area contributed by atoms with Crippen molar-refractivity contribution in [2.75, 3.05) is 13.1 Å². The molecule has 2 aliphatic heterocycles. The van der Waals surface area contributed by atoms with E-state index in [-0.39, 0.29) is 0 Å². The third-order valence-corrected chi connectivity index (χ3v) is 5.21. The van der Waals surface area contributed by atoms with E-state index in [9.17, 15) is 4.79 Å². The van der Waals surface area contributed by atoms with Crippen LogP contribution in [0.15, 0.2) is 17.5 Å². The maximum atomic E-state index is 12.5. The molecule has 1 aromatic heterocycles. The molecule has 0 spiro atoms. The summed E-state index contributed by atoms with van der Waals surface area (Å²) in [6, 6.07) is 5.06. The Morgan fingerprint density at radius 1 is 1.37 bits per heavy atom. The monoisotopic (exact) mass is 278 g/mol. The summed E-state index contributed by atoms with van der Waals surface area (Å²) >= 11 is 1.69. The Hall–Kier alpha value is -0.870. The zero-order valence-corrected chi connectivity index (χ0v) is 12.1. The van der Waals surface area contributed by atoms with Crippen molar-refractivity contribution in [1.82, 2.24) is 10.2 Å². The summed E-state index contributed by atoms with van der Waals surface area (Å²) in [5.41, 5.74) is 0. The van der Waals surface area contributed by atoms with E-state index >= 15 is 0 Å². The Kier molecular flexibility index (Phi) is 4.18. The molecule has 4 heteroatoms. The lowest BCUT2D eigenvalue weighted by molar-refractivity contribution is -0.134. The van der Waals surface area contributed by atoms with Crippen molar-refractivity contribution in [1.29, 1.82) is 0 Å². The largest absolute Gasteiger partial charge is 0.338 e. The number of hydrogen-bond donors (Lipinski definition) is 1. The topological polar surface area (TPSA) is 32.3 Å². The van der Waals surface area contributed by atoms with Crippen LogP contribution in [0.4, 0.5) is 0 Å². The molecule has 2 atom stereocenters. The minimum Gasteiger partial charge on any atom is -0.338 e. The average Bonchev–Trinajstić information content (AvgIpc) is 3.11. The highest BCUT2D eigenvalue weighted by Gasteiger charge is 2.33. The molecule has 2 unspecified atom stereocenters. The Morgan fingerprint density at radius 2 is 2.32 bits per heavy atom. The zero-order valence-electron chi connectivity index (χ0n) is 11.3. The summed E-state index contributed by atoms with van der Waals surface area (Å²) < 4.78 is 0. The maximum absolute atomic E-state index is 12.5. The van der Waals surface area contributed by atoms with E-state index in [0.717, 1.165) is 13.1 Å². The fourth-order valence-corrected chi connectivity index (χ4v) is 4.08. The predicted octanol–water partition coefficient (Wildman–Crippen LogP) is 2.42. The molecule has 0 radical (unpaired) electrons. The van der Waals surface area contributed by atoms with Crippen LogP contribution in [0.25, 0.3) is 0 Å². The van der Waals surface area contributed by atoms with Crippen LogP contribution >= 0.6 is 11.3 Å². The smallest absolute Gasteiger partial charge is 0.228 e. The molecule has 1 amide bonds. The average molecular weight is 278 g/mol. The second kappa shape index (κ2) is 6.06. The maximum Gasteiger partial charge on any atom is 0.228 e. The van der Waals surface area contributed by atoms with Crippen LogP contribution in [0.2, 0.25) is 0 Å². The molecule has 19 heavy (non-hydrogen) atoms. The van der Waals surface area contributed by atoms with E-state index in [1.165, 1.54) is 37.0 Å². The van der Waals surface area contributed by atoms with Crippen molar-refractivity contribution in [2.24, 2.45) is 0 Å². The molecule has 1 N–H and O–H groups in total. The van der Waals surface area contributed by atoms with Gasteiger partial charge in [-0.25, -0.2) is 0 Å². The second-order valence-corrected chi connectivity index (χ2v) is 6.64. The van der Waals surface area contributed by atoms with Crippen LogP contribution in [0, 0.1) is 0 Å². The molecule has 2 aliphatic rings. The van der Waals surface area contributed by atoms with Gasteiger partial charge >= 0.3 is 0 Å². The van der Waals surface area contributed by atoms with Gasteiger partial charge in [-0.05, 0) is 50.1 Å². The second-order valence-electron chi connectivity index (χ2n) is 5.61. The molecular weight excluding hydrogens is 256 g/mol. The number of thiophene rings is 1. The highest BCUT2D eigenvalue weighted by molar-refractivity contribution is 7.10. The molecule has 1 aromatic rings. The van der Waals surface area contributed by atoms with Gasteiger partial charge in [-0.3, -0.25) is 4.79 Å². The minimum atomic E-state index is 0.320. The van der Waals surface area contributed by atoms with Gasteiger partial charge in [0, 0.05) is 23.5 Å². The summed E-state index contributed by atoms with van der Waals surface area (Å²) in [4.78, 5) is 15.9. The molecule has 0 aliphatic carbocycles. The van der Waals surface area contributed by atoms with Crippen molar-refractivity contribution < 1.29 is 4.79 Å². The van der Waals surface area contributed by atoms with Crippen molar-refractivity contribution in [3.63, 3.8) is 0 Å². The number of likely N-dealkylation sites (tertiary alicyclic amines) is 1. The number of piperidine rings is 1. The minimum absolute atomic E-state index is 0.320. The van der Waals surface area contributed by atoms with Crippen LogP contribution in [0.1, 0.15) is 37.0 Å². The molecule has 3 heterocycles. The summed E-state index contributed by atoms with van der Waals surface area (Å²) in [5, 5.41) is 5.63. The van der Waals surface area contributed by atoms with Gasteiger partial charge in [0.15, 0.2) is 0 Å². The van der Waals surface area contributed by atoms with Crippen LogP contribution in [0.3, 0.4) is 0 Å². The van der Waals surface area contributed by atoms with Gasteiger partial charge in [-0.15, -0.1) is 11.3 Å². The third-order valence-electron chi connectivity index (χ3n) is 4.34. The first-order valence-corrected chi connectivity index (χ1v) is 8.28. The fraction of sp³-hybridized carbons (Fsp3) is 0.667. The van der Waals surface area contributed by atoms with Crippen LogP contribution < -0.4 is 5.32 Å². The van der Waals surface area contributed by atoms with Gasteiger partial charge in [0.25, 0.3) is 0 Å². The van der Waals surface area contributed by atoms with E-state index in [1.54, 1.807) is 11.3 Å². The van der Waals surface area contributed by atoms with E-state index in [2.05, 4.69) is 21.7 Å². The number of amides is 1. The summed E-state index contributed by atoms with van der Waals surface area (Å²) in [5.74, 6) is 0.320. The quantitative estimate of drug-likeness (QED) is 0.921. The van der Waals surface area contributed by atoms with Crippen molar-refractivity contribution in [2.45, 2.75) is 50.6 Å². The molecule has 2 fully saturated rings. The normalized spacial score (nSPS) is 27.7. The first-order chi connectivity index (χ1) is 9.34. The summed E-state index contributed by atoms with van der Waals surface area (Å²) in [7, 11) is 0. The number of nitrogens with zero attached hydrogens (tertiary/aromatic N) is 1. The zero-order chi connectivity index (χ0) is 13.1. The predicted molar refractivity (Wildman–Crippen MR) is 78.4 cm³/mol. The van der Waals surface area contributed by atoms with Gasteiger partial charge in [-0.1, -0.05) is 6.07 Å². The number of rotatable bonds is 3. The van der Waals surface area contributed by atoms with Gasteiger partial charge in [0.1, 0.15) is 0 Å². The number of carbonyl (C=O) groups is 1. The third kappa shape index (κ3) is 3.00. The van der Waals surface area contributed by atoms with Crippen molar-refractivity contribution in [3.05, 3.63) is 22.4 Å². The van der Waals surface area contributed by atoms with Crippen LogP contribution in [-0.2, 0) is 11.2 Å². The van der Waals surface area contributed by atoms with Gasteiger partial charge in [0.2, 0.25) is 5.91 Å². The number of nitrogens with one attached hydrogen (secondary N) is 1. The molecule has 3 rings (SSSR count). The van der Waals surface area contributed by atoms with E-state index in [4.69, 9.17) is 0 Å². The Bertz CT molecular complexity index is 412. The van der Waals surface area contributed by atoms with Crippen molar-refractivity contribution in [3.8, 4) is 0 Å². The van der Waals surface area contributed by atoms with Gasteiger partial charge in [-0.2, -0.15) is 0 Å².